The third-order valence-corrected chi connectivity index (χ3v) is 6.14. The highest BCUT2D eigenvalue weighted by Gasteiger charge is 2.19. The Morgan fingerprint density at radius 2 is 1.50 bits per heavy atom. The van der Waals surface area contributed by atoms with E-state index in [4.69, 9.17) is 0 Å². The summed E-state index contributed by atoms with van der Waals surface area (Å²) >= 11 is 0. The van der Waals surface area contributed by atoms with Gasteiger partial charge in [-0.25, -0.2) is 13.1 Å². The Bertz CT molecular complexity index is 1170. The summed E-state index contributed by atoms with van der Waals surface area (Å²) in [6.07, 6.45) is 0. The van der Waals surface area contributed by atoms with Gasteiger partial charge in [0.15, 0.2) is 5.78 Å². The monoisotopic (exact) mass is 422 g/mol. The molecule has 0 saturated heterocycles. The second-order valence-electron chi connectivity index (χ2n) is 6.88. The number of rotatable bonds is 7. The van der Waals surface area contributed by atoms with Gasteiger partial charge in [0.2, 0.25) is 10.0 Å². The minimum Gasteiger partial charge on any atom is -0.322 e. The normalized spacial score (nSPS) is 11.1. The Balaban J connectivity index is 1.78. The number of Topliss-reactive ketones (excluding diaryl/α,β-unsaturated/α-hetero) is 1. The van der Waals surface area contributed by atoms with E-state index >= 15 is 0 Å². The van der Waals surface area contributed by atoms with E-state index < -0.39 is 15.9 Å². The second-order valence-corrected chi connectivity index (χ2v) is 8.61. The molecule has 30 heavy (non-hydrogen) atoms. The molecule has 1 amide bonds. The van der Waals surface area contributed by atoms with Gasteiger partial charge in [-0.15, -0.1) is 0 Å². The summed E-state index contributed by atoms with van der Waals surface area (Å²) in [6.45, 7) is 3.30. The number of carbonyl (C=O) groups excluding carboxylic acids is 2. The zero-order valence-electron chi connectivity index (χ0n) is 16.7. The molecule has 7 heteroatoms. The van der Waals surface area contributed by atoms with Gasteiger partial charge in [-0.2, -0.15) is 0 Å². The first-order valence-corrected chi connectivity index (χ1v) is 10.8. The fourth-order valence-corrected chi connectivity index (χ4v) is 4.16. The molecule has 0 aliphatic rings. The number of carbonyl (C=O) groups is 2. The molecule has 0 atom stereocenters. The van der Waals surface area contributed by atoms with Crippen LogP contribution in [0.3, 0.4) is 0 Å². The smallest absolute Gasteiger partial charge is 0.255 e. The van der Waals surface area contributed by atoms with Crippen molar-refractivity contribution in [2.75, 3.05) is 5.32 Å². The van der Waals surface area contributed by atoms with E-state index in [0.29, 0.717) is 16.8 Å². The predicted octanol–water partition coefficient (Wildman–Crippen LogP) is 3.93. The van der Waals surface area contributed by atoms with Crippen molar-refractivity contribution in [2.45, 2.75) is 25.3 Å². The van der Waals surface area contributed by atoms with Gasteiger partial charge in [0.1, 0.15) is 0 Å². The van der Waals surface area contributed by atoms with E-state index in [-0.39, 0.29) is 22.8 Å². The third kappa shape index (κ3) is 5.20. The van der Waals surface area contributed by atoms with Crippen LogP contribution in [0.1, 0.15) is 38.8 Å². The summed E-state index contributed by atoms with van der Waals surface area (Å²) in [7, 11) is -3.80. The SMILES string of the molecule is CC(=O)c1ccc(NC(=O)c2ccc(C)c(S(=O)(=O)NCc3ccccc3)c2)cc1. The summed E-state index contributed by atoms with van der Waals surface area (Å²) in [6, 6.07) is 20.2. The average molecular weight is 423 g/mol. The quantitative estimate of drug-likeness (QED) is 0.564. The van der Waals surface area contributed by atoms with Crippen molar-refractivity contribution in [2.24, 2.45) is 0 Å². The van der Waals surface area contributed by atoms with E-state index in [2.05, 4.69) is 10.0 Å². The molecule has 0 radical (unpaired) electrons. The lowest BCUT2D eigenvalue weighted by Gasteiger charge is -2.12. The number of hydrogen-bond donors (Lipinski definition) is 2. The minimum atomic E-state index is -3.80. The van der Waals surface area contributed by atoms with Gasteiger partial charge >= 0.3 is 0 Å². The lowest BCUT2D eigenvalue weighted by atomic mass is 10.1. The predicted molar refractivity (Wildman–Crippen MR) is 116 cm³/mol. The van der Waals surface area contributed by atoms with E-state index in [1.165, 1.54) is 13.0 Å². The molecule has 0 bridgehead atoms. The van der Waals surface area contributed by atoms with Crippen molar-refractivity contribution in [1.29, 1.82) is 0 Å². The average Bonchev–Trinajstić information content (AvgIpc) is 2.73. The molecule has 3 aromatic rings. The first kappa shape index (κ1) is 21.4. The van der Waals surface area contributed by atoms with Crippen LogP contribution in [0.2, 0.25) is 0 Å². The lowest BCUT2D eigenvalue weighted by molar-refractivity contribution is 0.101. The molecule has 0 spiro atoms. The minimum absolute atomic E-state index is 0.0537. The number of ketones is 1. The lowest BCUT2D eigenvalue weighted by Crippen LogP contribution is -2.24. The number of amides is 1. The topological polar surface area (TPSA) is 92.3 Å². The zero-order chi connectivity index (χ0) is 21.7. The number of anilines is 1. The van der Waals surface area contributed by atoms with Crippen molar-refractivity contribution >= 4 is 27.4 Å². The summed E-state index contributed by atoms with van der Waals surface area (Å²) in [5.74, 6) is -0.505. The summed E-state index contributed by atoms with van der Waals surface area (Å²) < 4.78 is 28.1. The van der Waals surface area contributed by atoms with Gasteiger partial charge in [0.05, 0.1) is 4.90 Å². The van der Waals surface area contributed by atoms with Crippen molar-refractivity contribution in [1.82, 2.24) is 4.72 Å². The number of benzene rings is 3. The van der Waals surface area contributed by atoms with Crippen molar-refractivity contribution < 1.29 is 18.0 Å². The molecule has 0 fully saturated rings. The van der Waals surface area contributed by atoms with Crippen LogP contribution in [0.4, 0.5) is 5.69 Å². The van der Waals surface area contributed by atoms with Gasteiger partial charge in [-0.1, -0.05) is 36.4 Å². The van der Waals surface area contributed by atoms with Crippen LogP contribution >= 0.6 is 0 Å². The fraction of sp³-hybridized carbons (Fsp3) is 0.130. The van der Waals surface area contributed by atoms with Crippen LogP contribution in [0.5, 0.6) is 0 Å². The molecular formula is C23H22N2O4S. The highest BCUT2D eigenvalue weighted by atomic mass is 32.2. The van der Waals surface area contributed by atoms with Gasteiger partial charge in [-0.05, 0) is 61.4 Å². The van der Waals surface area contributed by atoms with E-state index in [1.54, 1.807) is 43.3 Å². The first-order valence-electron chi connectivity index (χ1n) is 9.33. The maximum atomic E-state index is 12.8. The largest absolute Gasteiger partial charge is 0.322 e. The highest BCUT2D eigenvalue weighted by Crippen LogP contribution is 2.19. The molecule has 2 N–H and O–H groups in total. The van der Waals surface area contributed by atoms with Crippen molar-refractivity contribution in [3.05, 3.63) is 95.1 Å². The Morgan fingerprint density at radius 1 is 0.867 bits per heavy atom. The second kappa shape index (κ2) is 9.02. The molecule has 3 aromatic carbocycles. The van der Waals surface area contributed by atoms with Gasteiger partial charge in [0.25, 0.3) is 5.91 Å². The molecular weight excluding hydrogens is 400 g/mol. The maximum Gasteiger partial charge on any atom is 0.255 e. The van der Waals surface area contributed by atoms with Crippen molar-refractivity contribution in [3.8, 4) is 0 Å². The van der Waals surface area contributed by atoms with Crippen LogP contribution in [-0.4, -0.2) is 20.1 Å². The summed E-state index contributed by atoms with van der Waals surface area (Å²) in [5.41, 5.74) is 2.65. The summed E-state index contributed by atoms with van der Waals surface area (Å²) in [4.78, 5) is 24.0. The van der Waals surface area contributed by atoms with E-state index in [9.17, 15) is 18.0 Å². The van der Waals surface area contributed by atoms with Crippen LogP contribution in [0.15, 0.2) is 77.7 Å². The molecule has 0 unspecified atom stereocenters. The number of hydrogen-bond acceptors (Lipinski definition) is 4. The number of sulfonamides is 1. The Kier molecular flexibility index (Phi) is 6.44. The van der Waals surface area contributed by atoms with Crippen LogP contribution in [0.25, 0.3) is 0 Å². The maximum absolute atomic E-state index is 12.8. The molecule has 6 nitrogen and oxygen atoms in total. The number of aryl methyl sites for hydroxylation is 1. The molecule has 0 saturated carbocycles. The van der Waals surface area contributed by atoms with E-state index in [0.717, 1.165) is 5.56 Å². The third-order valence-electron chi connectivity index (χ3n) is 4.60. The Hall–Kier alpha value is -3.29. The highest BCUT2D eigenvalue weighted by molar-refractivity contribution is 7.89. The van der Waals surface area contributed by atoms with Crippen LogP contribution in [0, 0.1) is 6.92 Å². The molecule has 0 aromatic heterocycles. The molecule has 0 aliphatic carbocycles. The number of nitrogens with one attached hydrogen (secondary N) is 2. The van der Waals surface area contributed by atoms with Crippen LogP contribution < -0.4 is 10.0 Å². The van der Waals surface area contributed by atoms with E-state index in [1.807, 2.05) is 30.3 Å². The fourth-order valence-electron chi connectivity index (χ4n) is 2.87. The van der Waals surface area contributed by atoms with Crippen molar-refractivity contribution in [3.63, 3.8) is 0 Å². The first-order chi connectivity index (χ1) is 14.3. The molecule has 154 valence electrons. The Morgan fingerprint density at radius 3 is 2.13 bits per heavy atom. The standard InChI is InChI=1S/C23H22N2O4S/c1-16-8-9-20(23(27)25-21-12-10-19(11-13-21)17(2)26)14-22(16)30(28,29)24-15-18-6-4-3-5-7-18/h3-14,24H,15H2,1-2H3,(H,25,27). The summed E-state index contributed by atoms with van der Waals surface area (Å²) in [5, 5.41) is 2.71. The molecule has 0 heterocycles. The zero-order valence-corrected chi connectivity index (χ0v) is 17.5. The van der Waals surface area contributed by atoms with Crippen LogP contribution in [-0.2, 0) is 16.6 Å². The van der Waals surface area contributed by atoms with Gasteiger partial charge < -0.3 is 5.32 Å². The molecule has 0 aliphatic heterocycles. The van der Waals surface area contributed by atoms with Gasteiger partial charge in [-0.3, -0.25) is 9.59 Å². The molecule has 3 rings (SSSR count). The Labute approximate surface area is 176 Å². The van der Waals surface area contributed by atoms with Gasteiger partial charge in [0, 0.05) is 23.4 Å².